The fourth-order valence-electron chi connectivity index (χ4n) is 0.321. The average Bonchev–Trinajstić information content (AvgIpc) is 2.82. The minimum atomic E-state index is 0. The van der Waals surface area contributed by atoms with Gasteiger partial charge in [0.15, 0.2) is 0 Å². The molecule has 82 valence electrons. The van der Waals surface area contributed by atoms with Crippen LogP contribution in [0, 0.1) is 13.3 Å². The van der Waals surface area contributed by atoms with Crippen molar-refractivity contribution in [3.8, 4) is 0 Å². The van der Waals surface area contributed by atoms with Crippen LogP contribution in [0.5, 0.6) is 0 Å². The summed E-state index contributed by atoms with van der Waals surface area (Å²) in [5.74, 6) is 0. The normalized spacial score (nSPS) is 5.20. The molecule has 0 amide bonds. The summed E-state index contributed by atoms with van der Waals surface area (Å²) >= 11 is 0. The van der Waals surface area contributed by atoms with Gasteiger partial charge >= 0.3 is 22.6 Å². The van der Waals surface area contributed by atoms with Gasteiger partial charge in [0, 0.05) is 26.2 Å². The molecule has 1 aromatic carbocycles. The van der Waals surface area contributed by atoms with Crippen LogP contribution in [0.2, 0.25) is 0 Å². The molecule has 2 N–H and O–H groups in total. The summed E-state index contributed by atoms with van der Waals surface area (Å²) in [7, 11) is 0. The molecule has 1 aromatic rings. The molecule has 0 atom stereocenters. The zero-order valence-electron chi connectivity index (χ0n) is 8.56. The number of nitrogens with zero attached hydrogens (tertiary/aromatic N) is 1. The van der Waals surface area contributed by atoms with E-state index in [0.29, 0.717) is 0 Å². The molecule has 0 heterocycles. The predicted octanol–water partition coefficient (Wildman–Crippen LogP) is 1.43. The van der Waals surface area contributed by atoms with Crippen LogP contribution in [0.1, 0.15) is 13.8 Å². The first-order valence-electron chi connectivity index (χ1n) is 3.52. The van der Waals surface area contributed by atoms with Crippen LogP contribution < -0.4 is 0 Å². The van der Waals surface area contributed by atoms with Crippen molar-refractivity contribution in [2.75, 3.05) is 0 Å². The second-order valence-corrected chi connectivity index (χ2v) is 2.02. The molecule has 1 rings (SSSR count). The quantitative estimate of drug-likeness (QED) is 0.283. The Hall–Kier alpha value is -1.01. The van der Waals surface area contributed by atoms with Crippen molar-refractivity contribution in [2.24, 2.45) is 5.16 Å². The Balaban J connectivity index is -0.0000000580. The van der Waals surface area contributed by atoms with Crippen molar-refractivity contribution in [1.29, 1.82) is 0 Å². The van der Waals surface area contributed by atoms with Gasteiger partial charge in [-0.15, -0.1) is 0 Å². The van der Waals surface area contributed by atoms with E-state index in [0.717, 1.165) is 5.71 Å². The van der Waals surface area contributed by atoms with Crippen LogP contribution >= 0.6 is 0 Å². The molecule has 15 heavy (non-hydrogen) atoms. The van der Waals surface area contributed by atoms with E-state index in [-0.39, 0.29) is 21.1 Å². The summed E-state index contributed by atoms with van der Waals surface area (Å²) in [5.41, 5.74) is 0.796. The molecule has 4 nitrogen and oxygen atoms in total. The summed E-state index contributed by atoms with van der Waals surface area (Å²) in [6.45, 7) is 12.6. The van der Waals surface area contributed by atoms with Crippen molar-refractivity contribution >= 4 is 5.71 Å². The molecule has 0 aliphatic rings. The molecule has 0 aliphatic carbocycles. The minimum absolute atomic E-state index is 0. The van der Waals surface area contributed by atoms with Crippen LogP contribution in [0.15, 0.2) is 35.5 Å². The number of rotatable bonds is 0. The Labute approximate surface area is 104 Å². The fourth-order valence-corrected chi connectivity index (χ4v) is 0.321. The monoisotopic (exact) mass is 379 g/mol. The van der Waals surface area contributed by atoms with Gasteiger partial charge in [-0.2, -0.15) is 18.2 Å². The topological polar surface area (TPSA) is 75.1 Å². The zero-order valence-corrected chi connectivity index (χ0v) is 11.5. The molecule has 0 saturated carbocycles. The van der Waals surface area contributed by atoms with Crippen LogP contribution in [0.4, 0.5) is 0 Å². The second-order valence-electron chi connectivity index (χ2n) is 2.02. The summed E-state index contributed by atoms with van der Waals surface area (Å²) in [6, 6.07) is 10.0. The maximum Gasteiger partial charge on any atom is 0 e. The summed E-state index contributed by atoms with van der Waals surface area (Å²) in [6.07, 6.45) is 0. The van der Waals surface area contributed by atoms with Gasteiger partial charge in [-0.3, -0.25) is 0 Å². The Bertz CT molecular complexity index is 212. The Kier molecular flexibility index (Phi) is 46.1. The van der Waals surface area contributed by atoms with Crippen LogP contribution in [-0.4, -0.2) is 10.9 Å². The smallest absolute Gasteiger partial charge is 0 e. The van der Waals surface area contributed by atoms with E-state index in [1.165, 1.54) is 0 Å². The Morgan fingerprint density at radius 2 is 1.40 bits per heavy atom. The van der Waals surface area contributed by atoms with E-state index < -0.39 is 0 Å². The summed E-state index contributed by atoms with van der Waals surface area (Å²) in [5, 5.41) is 9.30. The van der Waals surface area contributed by atoms with Crippen LogP contribution in [-0.2, 0) is 30.4 Å². The van der Waals surface area contributed by atoms with Crippen LogP contribution in [0.3, 0.4) is 0 Å². The summed E-state index contributed by atoms with van der Waals surface area (Å²) < 4.78 is 15.0. The van der Waals surface area contributed by atoms with Crippen molar-refractivity contribution in [2.45, 2.75) is 13.8 Å². The zero-order chi connectivity index (χ0) is 11.8. The molecular weight excluding hydrogens is 366 g/mol. The summed E-state index contributed by atoms with van der Waals surface area (Å²) in [4.78, 5) is 0. The third kappa shape index (κ3) is 43.7. The molecule has 5 heteroatoms. The van der Waals surface area contributed by atoms with Gasteiger partial charge in [-0.1, -0.05) is 0 Å². The van der Waals surface area contributed by atoms with E-state index in [1.54, 1.807) is 13.8 Å². The van der Waals surface area contributed by atoms with Gasteiger partial charge in [0.25, 0.3) is 0 Å². The second kappa shape index (κ2) is 29.3. The maximum atomic E-state index is 7.50. The van der Waals surface area contributed by atoms with E-state index in [9.17, 15) is 0 Å². The molecule has 0 saturated heterocycles. The molecule has 0 aliphatic heterocycles. The van der Waals surface area contributed by atoms with Crippen molar-refractivity contribution in [1.82, 2.24) is 0 Å². The van der Waals surface area contributed by atoms with E-state index >= 15 is 0 Å². The predicted molar refractivity (Wildman–Crippen MR) is 52.3 cm³/mol. The average molecular weight is 379 g/mol. The van der Waals surface area contributed by atoms with Crippen molar-refractivity contribution in [3.63, 3.8) is 0 Å². The van der Waals surface area contributed by atoms with Gasteiger partial charge in [0.1, 0.15) is 5.71 Å². The van der Waals surface area contributed by atoms with E-state index in [4.69, 9.17) is 14.5 Å². The third-order valence-corrected chi connectivity index (χ3v) is 0.779. The minimum Gasteiger partial charge on any atom is -0.214 e. The Morgan fingerprint density at radius 1 is 1.13 bits per heavy atom. The molecule has 0 fully saturated rings. The molecule has 0 aromatic heterocycles. The molecule has 0 unspecified atom stereocenters. The van der Waals surface area contributed by atoms with E-state index in [1.807, 2.05) is 30.3 Å². The van der Waals surface area contributed by atoms with Crippen molar-refractivity contribution < 1.29 is 35.6 Å². The largest absolute Gasteiger partial charge is 0.214 e. The first-order valence-corrected chi connectivity index (χ1v) is 3.52. The third-order valence-electron chi connectivity index (χ3n) is 0.779. The fraction of sp³-hybridized carbons (Fsp3) is 0.200. The van der Waals surface area contributed by atoms with Gasteiger partial charge < -0.3 is 5.21 Å². The SMILES string of the molecule is CC(C)=N[OH2+].[C-]#[O+].[C-]#[O+].[W].c1cc[cH-]c1. The van der Waals surface area contributed by atoms with Gasteiger partial charge in [0.05, 0.1) is 0 Å². The number of hydrogen-bond donors (Lipinski definition) is 0. The first-order chi connectivity index (χ1) is 6.77. The first kappa shape index (κ1) is 23.7. The van der Waals surface area contributed by atoms with Crippen LogP contribution in [0.25, 0.3) is 0 Å². The molecule has 0 bridgehead atoms. The molecule has 0 spiro atoms. The molecular formula is C10H13NO3W. The van der Waals surface area contributed by atoms with Gasteiger partial charge in [-0.05, 0) is 13.8 Å². The van der Waals surface area contributed by atoms with Gasteiger partial charge in [-0.25, -0.2) is 12.1 Å². The maximum absolute atomic E-state index is 7.50. The van der Waals surface area contributed by atoms with Gasteiger partial charge in [0.2, 0.25) is 0 Å². The van der Waals surface area contributed by atoms with E-state index in [2.05, 4.69) is 18.5 Å². The molecule has 0 radical (unpaired) electrons. The van der Waals surface area contributed by atoms with Crippen molar-refractivity contribution in [3.05, 3.63) is 43.6 Å². The standard InChI is InChI=1S/C5H5.C3H7NO.2CO.W/c1-2-4-5-3-1;1-3(2)4-5;2*1-2;/h1-5H;5H,1-2H3;;;/q-1;;;;/p+1. The number of hydrogen-bond acceptors (Lipinski definition) is 1. The Morgan fingerprint density at radius 3 is 1.47 bits per heavy atom.